The van der Waals surface area contributed by atoms with Crippen molar-refractivity contribution in [3.8, 4) is 0 Å². The molecule has 1 atom stereocenters. The summed E-state index contributed by atoms with van der Waals surface area (Å²) < 4.78 is 29.6. The molecule has 5 rings (SSSR count). The number of amides is 2. The third-order valence-electron chi connectivity index (χ3n) is 8.82. The first-order valence-corrected chi connectivity index (χ1v) is 18.5. The Labute approximate surface area is 293 Å². The van der Waals surface area contributed by atoms with Gasteiger partial charge in [0.2, 0.25) is 11.8 Å². The molecule has 0 saturated heterocycles. The molecule has 10 heteroatoms. The van der Waals surface area contributed by atoms with Crippen molar-refractivity contribution in [2.24, 2.45) is 0 Å². The number of anilines is 1. The van der Waals surface area contributed by atoms with E-state index in [1.165, 1.54) is 17.0 Å². The average Bonchev–Trinajstić information content (AvgIpc) is 3.60. The number of nitrogens with one attached hydrogen (secondary N) is 1. The molecule has 0 aromatic heterocycles. The van der Waals surface area contributed by atoms with Gasteiger partial charge in [-0.2, -0.15) is 0 Å². The van der Waals surface area contributed by atoms with Crippen molar-refractivity contribution in [1.29, 1.82) is 0 Å². The van der Waals surface area contributed by atoms with Gasteiger partial charge in [0.15, 0.2) is 0 Å². The van der Waals surface area contributed by atoms with Gasteiger partial charge in [-0.05, 0) is 66.3 Å². The van der Waals surface area contributed by atoms with Crippen LogP contribution in [-0.4, -0.2) is 43.8 Å². The second-order valence-corrected chi connectivity index (χ2v) is 15.2. The maximum Gasteiger partial charge on any atom is 0.264 e. The van der Waals surface area contributed by atoms with Gasteiger partial charge in [0.25, 0.3) is 10.0 Å². The number of benzene rings is 4. The first-order valence-electron chi connectivity index (χ1n) is 16.3. The van der Waals surface area contributed by atoms with Crippen molar-refractivity contribution >= 4 is 50.7 Å². The number of halogens is 2. The largest absolute Gasteiger partial charge is 0.352 e. The lowest BCUT2D eigenvalue weighted by atomic mass is 10.0. The summed E-state index contributed by atoms with van der Waals surface area (Å²) in [5.41, 5.74) is 2.69. The minimum Gasteiger partial charge on any atom is -0.352 e. The van der Waals surface area contributed by atoms with Crippen molar-refractivity contribution in [2.75, 3.05) is 10.8 Å². The highest BCUT2D eigenvalue weighted by molar-refractivity contribution is 7.92. The fourth-order valence-corrected chi connectivity index (χ4v) is 8.00. The summed E-state index contributed by atoms with van der Waals surface area (Å²) in [5, 5.41) is 3.86. The number of carbonyl (C=O) groups excluding carboxylic acids is 2. The maximum absolute atomic E-state index is 14.7. The molecule has 1 aliphatic rings. The summed E-state index contributed by atoms with van der Waals surface area (Å²) >= 11 is 13.3. The number of rotatable bonds is 13. The van der Waals surface area contributed by atoms with Gasteiger partial charge < -0.3 is 10.2 Å². The normalized spacial score (nSPS) is 14.1. The van der Waals surface area contributed by atoms with Gasteiger partial charge in [0.05, 0.1) is 10.6 Å². The molecule has 1 N–H and O–H groups in total. The van der Waals surface area contributed by atoms with Crippen molar-refractivity contribution < 1.29 is 18.0 Å². The quantitative estimate of drug-likeness (QED) is 0.153. The Kier molecular flexibility index (Phi) is 11.8. The second-order valence-electron chi connectivity index (χ2n) is 12.5. The Bertz CT molecular complexity index is 1780. The molecule has 0 heterocycles. The summed E-state index contributed by atoms with van der Waals surface area (Å²) in [5.74, 6) is -0.644. The predicted molar refractivity (Wildman–Crippen MR) is 193 cm³/mol. The summed E-state index contributed by atoms with van der Waals surface area (Å²) in [6.45, 7) is 3.46. The SMILES string of the molecule is CC(C)c1ccc(N(CC(=O)N(Cc2c(Cl)cccc2Cl)C(Cc2ccccc2)C(=O)NC2CCCC2)S(=O)(=O)c2ccccc2)cc1. The van der Waals surface area contributed by atoms with Crippen LogP contribution in [0.25, 0.3) is 0 Å². The number of nitrogens with zero attached hydrogens (tertiary/aromatic N) is 2. The van der Waals surface area contributed by atoms with E-state index in [1.54, 1.807) is 48.5 Å². The summed E-state index contributed by atoms with van der Waals surface area (Å²) in [4.78, 5) is 30.4. The highest BCUT2D eigenvalue weighted by Gasteiger charge is 2.36. The van der Waals surface area contributed by atoms with Crippen molar-refractivity contribution in [3.63, 3.8) is 0 Å². The van der Waals surface area contributed by atoms with E-state index in [4.69, 9.17) is 23.2 Å². The van der Waals surface area contributed by atoms with E-state index in [0.29, 0.717) is 21.3 Å². The van der Waals surface area contributed by atoms with Crippen molar-refractivity contribution in [3.05, 3.63) is 130 Å². The Morgan fingerprint density at radius 1 is 0.812 bits per heavy atom. The van der Waals surface area contributed by atoms with Gasteiger partial charge in [-0.15, -0.1) is 0 Å². The molecular formula is C38H41Cl2N3O4S. The minimum atomic E-state index is -4.20. The van der Waals surface area contributed by atoms with Crippen molar-refractivity contribution in [2.45, 2.75) is 75.4 Å². The Balaban J connectivity index is 1.59. The predicted octanol–water partition coefficient (Wildman–Crippen LogP) is 8.01. The van der Waals surface area contributed by atoms with Crippen LogP contribution in [0, 0.1) is 0 Å². The van der Waals surface area contributed by atoms with E-state index in [0.717, 1.165) is 41.1 Å². The summed E-state index contributed by atoms with van der Waals surface area (Å²) in [6.07, 6.45) is 3.98. The van der Waals surface area contributed by atoms with E-state index in [9.17, 15) is 18.0 Å². The molecule has 7 nitrogen and oxygen atoms in total. The van der Waals surface area contributed by atoms with Crippen LogP contribution < -0.4 is 9.62 Å². The smallest absolute Gasteiger partial charge is 0.264 e. The molecule has 4 aromatic rings. The van der Waals surface area contributed by atoms with E-state index in [2.05, 4.69) is 19.2 Å². The summed E-state index contributed by atoms with van der Waals surface area (Å²) in [7, 11) is -4.20. The topological polar surface area (TPSA) is 86.8 Å². The third kappa shape index (κ3) is 8.59. The number of hydrogen-bond acceptors (Lipinski definition) is 4. The number of hydrogen-bond donors (Lipinski definition) is 1. The van der Waals surface area contributed by atoms with Gasteiger partial charge >= 0.3 is 0 Å². The Morgan fingerprint density at radius 2 is 1.40 bits per heavy atom. The average molecular weight is 707 g/mol. The molecule has 0 aliphatic heterocycles. The molecule has 1 saturated carbocycles. The standard InChI is InChI=1S/C38H41Cl2N3O4S/c1-27(2)29-20-22-31(23-21-29)43(48(46,47)32-16-7-4-8-17-32)26-37(44)42(25-33-34(39)18-11-19-35(33)40)36(24-28-12-5-3-6-13-28)38(45)41-30-14-9-10-15-30/h3-8,11-13,16-23,27,30,36H,9-10,14-15,24-26H2,1-2H3,(H,41,45). The molecular weight excluding hydrogens is 665 g/mol. The zero-order chi connectivity index (χ0) is 34.3. The van der Waals surface area contributed by atoms with Gasteiger partial charge in [-0.3, -0.25) is 13.9 Å². The molecule has 0 spiro atoms. The van der Waals surface area contributed by atoms with E-state index >= 15 is 0 Å². The van der Waals surface area contributed by atoms with E-state index in [1.807, 2.05) is 42.5 Å². The van der Waals surface area contributed by atoms with Crippen LogP contribution in [-0.2, 0) is 32.6 Å². The van der Waals surface area contributed by atoms with Crippen molar-refractivity contribution in [1.82, 2.24) is 10.2 Å². The van der Waals surface area contributed by atoms with Crippen LogP contribution in [0.3, 0.4) is 0 Å². The molecule has 1 fully saturated rings. The highest BCUT2D eigenvalue weighted by atomic mass is 35.5. The van der Waals surface area contributed by atoms with Crippen LogP contribution in [0.4, 0.5) is 5.69 Å². The van der Waals surface area contributed by atoms with Gasteiger partial charge in [0.1, 0.15) is 12.6 Å². The summed E-state index contributed by atoms with van der Waals surface area (Å²) in [6, 6.07) is 28.8. The van der Waals surface area contributed by atoms with Gasteiger partial charge in [-0.1, -0.05) is 117 Å². The first kappa shape index (κ1) is 35.5. The number of carbonyl (C=O) groups is 2. The lowest BCUT2D eigenvalue weighted by Crippen LogP contribution is -2.54. The monoisotopic (exact) mass is 705 g/mol. The van der Waals surface area contributed by atoms with Gasteiger partial charge in [-0.25, -0.2) is 8.42 Å². The minimum absolute atomic E-state index is 0.00561. The van der Waals surface area contributed by atoms with Gasteiger partial charge in [0, 0.05) is 34.6 Å². The molecule has 252 valence electrons. The fraction of sp³-hybridized carbons (Fsp3) is 0.316. The van der Waals surface area contributed by atoms with Crippen LogP contribution in [0.5, 0.6) is 0 Å². The molecule has 0 radical (unpaired) electrons. The lowest BCUT2D eigenvalue weighted by molar-refractivity contribution is -0.140. The van der Waals surface area contributed by atoms with Crippen LogP contribution in [0.15, 0.2) is 108 Å². The lowest BCUT2D eigenvalue weighted by Gasteiger charge is -2.34. The third-order valence-corrected chi connectivity index (χ3v) is 11.3. The molecule has 2 amide bonds. The molecule has 1 aliphatic carbocycles. The molecule has 48 heavy (non-hydrogen) atoms. The zero-order valence-electron chi connectivity index (χ0n) is 27.2. The number of sulfonamides is 1. The zero-order valence-corrected chi connectivity index (χ0v) is 29.5. The van der Waals surface area contributed by atoms with Crippen LogP contribution in [0.1, 0.15) is 62.1 Å². The first-order chi connectivity index (χ1) is 23.0. The Hall–Kier alpha value is -3.85. The van der Waals surface area contributed by atoms with Crippen LogP contribution >= 0.6 is 23.2 Å². The van der Waals surface area contributed by atoms with Crippen LogP contribution in [0.2, 0.25) is 10.0 Å². The Morgan fingerprint density at radius 3 is 1.98 bits per heavy atom. The fourth-order valence-electron chi connectivity index (χ4n) is 6.05. The second kappa shape index (κ2) is 16.0. The highest BCUT2D eigenvalue weighted by Crippen LogP contribution is 2.30. The molecule has 4 aromatic carbocycles. The molecule has 0 bridgehead atoms. The molecule has 1 unspecified atom stereocenters. The van der Waals surface area contributed by atoms with E-state index < -0.39 is 28.5 Å². The van der Waals surface area contributed by atoms with E-state index in [-0.39, 0.29) is 35.7 Å². The maximum atomic E-state index is 14.7.